The number of thiophene rings is 1. The Morgan fingerprint density at radius 1 is 1.20 bits per heavy atom. The first kappa shape index (κ1) is 13.4. The van der Waals surface area contributed by atoms with Gasteiger partial charge in [-0.1, -0.05) is 18.2 Å². The van der Waals surface area contributed by atoms with Gasteiger partial charge >= 0.3 is 0 Å². The predicted octanol–water partition coefficient (Wildman–Crippen LogP) is 4.44. The van der Waals surface area contributed by atoms with Crippen molar-refractivity contribution >= 4 is 22.2 Å². The molecule has 0 bridgehead atoms. The summed E-state index contributed by atoms with van der Waals surface area (Å²) in [6.07, 6.45) is 3.33. The molecule has 0 amide bonds. The van der Waals surface area contributed by atoms with Gasteiger partial charge in [0, 0.05) is 24.3 Å². The molecule has 0 aliphatic rings. The van der Waals surface area contributed by atoms with Crippen molar-refractivity contribution in [2.75, 3.05) is 6.54 Å². The molecule has 2 heterocycles. The number of nitrogens with one attached hydrogen (secondary N) is 1. The van der Waals surface area contributed by atoms with Crippen LogP contribution in [-0.4, -0.2) is 11.1 Å². The first-order valence-electron chi connectivity index (χ1n) is 7.14. The van der Waals surface area contributed by atoms with E-state index in [0.717, 1.165) is 19.5 Å². The van der Waals surface area contributed by atoms with E-state index in [1.54, 1.807) is 11.3 Å². The topological polar surface area (TPSA) is 17.0 Å². The van der Waals surface area contributed by atoms with Crippen LogP contribution in [0.2, 0.25) is 0 Å². The van der Waals surface area contributed by atoms with E-state index in [1.165, 1.54) is 16.5 Å². The van der Waals surface area contributed by atoms with E-state index in [9.17, 15) is 0 Å². The first-order valence-corrected chi connectivity index (χ1v) is 8.08. The molecule has 3 aromatic rings. The Hall–Kier alpha value is -1.58. The van der Waals surface area contributed by atoms with E-state index >= 15 is 0 Å². The lowest BCUT2D eigenvalue weighted by molar-refractivity contribution is 0.532. The van der Waals surface area contributed by atoms with Crippen LogP contribution < -0.4 is 5.32 Å². The summed E-state index contributed by atoms with van der Waals surface area (Å²) in [6.45, 7) is 4.34. The normalized spacial score (nSPS) is 12.8. The molecule has 20 heavy (non-hydrogen) atoms. The lowest BCUT2D eigenvalue weighted by Crippen LogP contribution is -2.20. The monoisotopic (exact) mass is 284 g/mol. The number of hydrogen-bond acceptors (Lipinski definition) is 2. The third kappa shape index (κ3) is 2.94. The number of para-hydroxylation sites is 1. The number of benzene rings is 1. The van der Waals surface area contributed by atoms with Gasteiger partial charge in [-0.2, -0.15) is 11.3 Å². The summed E-state index contributed by atoms with van der Waals surface area (Å²) in [5, 5.41) is 9.27. The van der Waals surface area contributed by atoms with Gasteiger partial charge in [0.15, 0.2) is 0 Å². The third-order valence-corrected chi connectivity index (χ3v) is 4.45. The Kier molecular flexibility index (Phi) is 4.19. The minimum Gasteiger partial charge on any atom is -0.347 e. The number of hydrogen-bond donors (Lipinski definition) is 1. The van der Waals surface area contributed by atoms with Crippen molar-refractivity contribution in [3.05, 3.63) is 58.9 Å². The quantitative estimate of drug-likeness (QED) is 0.662. The Balaban J connectivity index is 1.50. The van der Waals surface area contributed by atoms with Gasteiger partial charge in [-0.15, -0.1) is 0 Å². The number of nitrogens with zero attached hydrogens (tertiary/aromatic N) is 1. The van der Waals surface area contributed by atoms with Crippen molar-refractivity contribution in [2.24, 2.45) is 0 Å². The second-order valence-electron chi connectivity index (χ2n) is 5.15. The third-order valence-electron chi connectivity index (χ3n) is 3.75. The van der Waals surface area contributed by atoms with E-state index < -0.39 is 0 Å². The average Bonchev–Trinajstić information content (AvgIpc) is 3.13. The summed E-state index contributed by atoms with van der Waals surface area (Å²) >= 11 is 1.76. The Morgan fingerprint density at radius 2 is 2.10 bits per heavy atom. The van der Waals surface area contributed by atoms with Crippen molar-refractivity contribution in [1.29, 1.82) is 0 Å². The van der Waals surface area contributed by atoms with Crippen LogP contribution in [0.3, 0.4) is 0 Å². The van der Waals surface area contributed by atoms with Crippen LogP contribution in [0.1, 0.15) is 24.9 Å². The van der Waals surface area contributed by atoms with Gasteiger partial charge in [0.1, 0.15) is 0 Å². The lowest BCUT2D eigenvalue weighted by Gasteiger charge is -2.12. The van der Waals surface area contributed by atoms with Crippen LogP contribution >= 0.6 is 11.3 Å². The Labute approximate surface area is 124 Å². The maximum atomic E-state index is 3.59. The molecule has 0 radical (unpaired) electrons. The molecule has 3 rings (SSSR count). The zero-order chi connectivity index (χ0) is 13.8. The van der Waals surface area contributed by atoms with E-state index in [-0.39, 0.29) is 0 Å². The molecule has 1 aromatic carbocycles. The highest BCUT2D eigenvalue weighted by atomic mass is 32.1. The molecule has 3 heteroatoms. The summed E-state index contributed by atoms with van der Waals surface area (Å²) in [5.74, 6) is 0. The summed E-state index contributed by atoms with van der Waals surface area (Å²) in [4.78, 5) is 0. The molecule has 2 aromatic heterocycles. The van der Waals surface area contributed by atoms with E-state index in [0.29, 0.717) is 6.04 Å². The van der Waals surface area contributed by atoms with Crippen molar-refractivity contribution < 1.29 is 0 Å². The van der Waals surface area contributed by atoms with Crippen molar-refractivity contribution in [3.8, 4) is 0 Å². The number of rotatable bonds is 6. The molecule has 0 fully saturated rings. The molecule has 1 N–H and O–H groups in total. The summed E-state index contributed by atoms with van der Waals surface area (Å²) in [7, 11) is 0. The lowest BCUT2D eigenvalue weighted by atomic mass is 10.2. The molecule has 0 aliphatic carbocycles. The minimum atomic E-state index is 0.447. The van der Waals surface area contributed by atoms with Crippen LogP contribution in [0.5, 0.6) is 0 Å². The van der Waals surface area contributed by atoms with Gasteiger partial charge in [-0.05, 0) is 59.8 Å². The highest BCUT2D eigenvalue weighted by Gasteiger charge is 2.04. The maximum absolute atomic E-state index is 3.59. The van der Waals surface area contributed by atoms with Gasteiger partial charge < -0.3 is 9.88 Å². The van der Waals surface area contributed by atoms with E-state index in [4.69, 9.17) is 0 Å². The molecular formula is C17H20N2S. The van der Waals surface area contributed by atoms with Gasteiger partial charge in [0.25, 0.3) is 0 Å². The molecule has 1 atom stereocenters. The van der Waals surface area contributed by atoms with Gasteiger partial charge in [-0.3, -0.25) is 0 Å². The summed E-state index contributed by atoms with van der Waals surface area (Å²) in [6, 6.07) is 13.4. The molecule has 0 saturated heterocycles. The Bertz CT molecular complexity index is 655. The minimum absolute atomic E-state index is 0.447. The van der Waals surface area contributed by atoms with Crippen molar-refractivity contribution in [2.45, 2.75) is 25.9 Å². The van der Waals surface area contributed by atoms with Crippen LogP contribution in [0, 0.1) is 0 Å². The fraction of sp³-hybridized carbons (Fsp3) is 0.294. The van der Waals surface area contributed by atoms with Crippen molar-refractivity contribution in [1.82, 2.24) is 9.88 Å². The van der Waals surface area contributed by atoms with Crippen LogP contribution in [0.25, 0.3) is 10.9 Å². The van der Waals surface area contributed by atoms with Gasteiger partial charge in [-0.25, -0.2) is 0 Å². The van der Waals surface area contributed by atoms with E-state index in [1.807, 2.05) is 0 Å². The summed E-state index contributed by atoms with van der Waals surface area (Å²) < 4.78 is 2.34. The standard InChI is InChI=1S/C17H20N2S/c1-14(16-8-12-20-13-16)18-9-4-10-19-11-7-15-5-2-3-6-17(15)19/h2-3,5-8,11-14,18H,4,9-10H2,1H3. The molecule has 0 aliphatic heterocycles. The van der Waals surface area contributed by atoms with Gasteiger partial charge in [0.05, 0.1) is 0 Å². The van der Waals surface area contributed by atoms with Crippen LogP contribution in [0.15, 0.2) is 53.4 Å². The smallest absolute Gasteiger partial charge is 0.0480 e. The SMILES string of the molecule is CC(NCCCn1ccc2ccccc21)c1ccsc1. The highest BCUT2D eigenvalue weighted by molar-refractivity contribution is 7.07. The molecule has 1 unspecified atom stereocenters. The second-order valence-corrected chi connectivity index (χ2v) is 5.93. The van der Waals surface area contributed by atoms with E-state index in [2.05, 4.69) is 70.2 Å². The number of fused-ring (bicyclic) bond motifs is 1. The summed E-state index contributed by atoms with van der Waals surface area (Å²) in [5.41, 5.74) is 2.72. The molecule has 0 spiro atoms. The molecule has 2 nitrogen and oxygen atoms in total. The zero-order valence-electron chi connectivity index (χ0n) is 11.8. The largest absolute Gasteiger partial charge is 0.347 e. The van der Waals surface area contributed by atoms with Gasteiger partial charge in [0.2, 0.25) is 0 Å². The first-order chi connectivity index (χ1) is 9.84. The predicted molar refractivity (Wildman–Crippen MR) is 87.3 cm³/mol. The van der Waals surface area contributed by atoms with Crippen molar-refractivity contribution in [3.63, 3.8) is 0 Å². The number of aromatic nitrogens is 1. The maximum Gasteiger partial charge on any atom is 0.0480 e. The molecule has 104 valence electrons. The average molecular weight is 284 g/mol. The van der Waals surface area contributed by atoms with Crippen LogP contribution in [0.4, 0.5) is 0 Å². The molecule has 0 saturated carbocycles. The van der Waals surface area contributed by atoms with Crippen LogP contribution in [-0.2, 0) is 6.54 Å². The fourth-order valence-corrected chi connectivity index (χ4v) is 3.30. The molecular weight excluding hydrogens is 264 g/mol. The number of aryl methyl sites for hydroxylation is 1. The second kappa shape index (κ2) is 6.25. The highest BCUT2D eigenvalue weighted by Crippen LogP contribution is 2.16. The zero-order valence-corrected chi connectivity index (χ0v) is 12.6. The Morgan fingerprint density at radius 3 is 2.95 bits per heavy atom. The fourth-order valence-electron chi connectivity index (χ4n) is 2.54.